The van der Waals surface area contributed by atoms with Gasteiger partial charge in [0.25, 0.3) is 5.19 Å². The number of benzene rings is 2. The number of thiazole rings is 1. The second kappa shape index (κ2) is 5.18. The SMILES string of the molecule is O=[N+]([O-])c1cnc(Oc2ccc3cc(Br)ccc3c2)s1. The first-order chi connectivity index (χ1) is 9.61. The van der Waals surface area contributed by atoms with Crippen molar-refractivity contribution >= 4 is 43.0 Å². The quantitative estimate of drug-likeness (QED) is 0.504. The zero-order valence-electron chi connectivity index (χ0n) is 9.95. The van der Waals surface area contributed by atoms with Gasteiger partial charge in [-0.15, -0.1) is 0 Å². The zero-order valence-corrected chi connectivity index (χ0v) is 12.3. The lowest BCUT2D eigenvalue weighted by Gasteiger charge is -2.03. The normalized spacial score (nSPS) is 10.7. The molecule has 1 aromatic heterocycles. The molecule has 0 fully saturated rings. The molecule has 0 saturated heterocycles. The number of nitrogens with zero attached hydrogens (tertiary/aromatic N) is 2. The molecule has 3 aromatic rings. The summed E-state index contributed by atoms with van der Waals surface area (Å²) in [5, 5.41) is 12.9. The first kappa shape index (κ1) is 13.0. The topological polar surface area (TPSA) is 65.3 Å². The van der Waals surface area contributed by atoms with Crippen molar-refractivity contribution < 1.29 is 9.66 Å². The number of aromatic nitrogens is 1. The molecular weight excluding hydrogens is 344 g/mol. The number of nitro groups is 1. The maximum Gasteiger partial charge on any atom is 0.347 e. The Bertz CT molecular complexity index is 803. The van der Waals surface area contributed by atoms with Crippen LogP contribution in [0.15, 0.2) is 47.1 Å². The fourth-order valence-electron chi connectivity index (χ4n) is 1.74. The third-order valence-corrected chi connectivity index (χ3v) is 3.95. The average Bonchev–Trinajstić information content (AvgIpc) is 2.88. The molecule has 0 spiro atoms. The number of fused-ring (bicyclic) bond motifs is 1. The minimum Gasteiger partial charge on any atom is -0.431 e. The van der Waals surface area contributed by atoms with Gasteiger partial charge in [0.05, 0.1) is 4.92 Å². The molecule has 5 nitrogen and oxygen atoms in total. The van der Waals surface area contributed by atoms with Gasteiger partial charge in [-0.25, -0.2) is 4.98 Å². The third kappa shape index (κ3) is 2.63. The summed E-state index contributed by atoms with van der Waals surface area (Å²) in [4.78, 5) is 14.0. The van der Waals surface area contributed by atoms with Gasteiger partial charge in [-0.1, -0.05) is 28.1 Å². The van der Waals surface area contributed by atoms with Crippen molar-refractivity contribution in [2.24, 2.45) is 0 Å². The largest absolute Gasteiger partial charge is 0.431 e. The summed E-state index contributed by atoms with van der Waals surface area (Å²) in [6, 6.07) is 11.5. The van der Waals surface area contributed by atoms with Crippen LogP contribution < -0.4 is 4.74 Å². The molecule has 0 aliphatic heterocycles. The van der Waals surface area contributed by atoms with E-state index in [4.69, 9.17) is 4.74 Å². The minimum atomic E-state index is -0.484. The van der Waals surface area contributed by atoms with E-state index in [-0.39, 0.29) is 10.2 Å². The van der Waals surface area contributed by atoms with E-state index in [0.29, 0.717) is 5.75 Å². The van der Waals surface area contributed by atoms with Crippen LogP contribution in [-0.2, 0) is 0 Å². The zero-order chi connectivity index (χ0) is 14.1. The Morgan fingerprint density at radius 2 is 1.95 bits per heavy atom. The molecule has 0 amide bonds. The Labute approximate surface area is 126 Å². The Balaban J connectivity index is 1.90. The highest BCUT2D eigenvalue weighted by Crippen LogP contribution is 2.32. The van der Waals surface area contributed by atoms with Crippen LogP contribution in [0.1, 0.15) is 0 Å². The Kier molecular flexibility index (Phi) is 3.37. The van der Waals surface area contributed by atoms with Crippen LogP contribution in [0, 0.1) is 10.1 Å². The highest BCUT2D eigenvalue weighted by molar-refractivity contribution is 9.10. The van der Waals surface area contributed by atoms with Gasteiger partial charge in [0, 0.05) is 4.47 Å². The van der Waals surface area contributed by atoms with Crippen LogP contribution in [0.5, 0.6) is 10.9 Å². The van der Waals surface area contributed by atoms with Gasteiger partial charge in [0.1, 0.15) is 11.9 Å². The first-order valence-electron chi connectivity index (χ1n) is 5.59. The maximum absolute atomic E-state index is 10.6. The van der Waals surface area contributed by atoms with E-state index in [1.165, 1.54) is 6.20 Å². The number of ether oxygens (including phenoxy) is 1. The highest BCUT2D eigenvalue weighted by Gasteiger charge is 2.13. The lowest BCUT2D eigenvalue weighted by molar-refractivity contribution is -0.380. The monoisotopic (exact) mass is 350 g/mol. The Morgan fingerprint density at radius 3 is 2.70 bits per heavy atom. The van der Waals surface area contributed by atoms with Crippen LogP contribution in [0.25, 0.3) is 10.8 Å². The van der Waals surface area contributed by atoms with Gasteiger partial charge in [-0.3, -0.25) is 10.1 Å². The van der Waals surface area contributed by atoms with Gasteiger partial charge in [-0.2, -0.15) is 0 Å². The molecule has 7 heteroatoms. The van der Waals surface area contributed by atoms with Crippen molar-refractivity contribution in [1.82, 2.24) is 4.98 Å². The van der Waals surface area contributed by atoms with Crippen molar-refractivity contribution in [2.75, 3.05) is 0 Å². The van der Waals surface area contributed by atoms with Crippen LogP contribution in [0.3, 0.4) is 0 Å². The molecule has 0 atom stereocenters. The van der Waals surface area contributed by atoms with E-state index < -0.39 is 4.92 Å². The fourth-order valence-corrected chi connectivity index (χ4v) is 2.72. The summed E-state index contributed by atoms with van der Waals surface area (Å²) in [5.74, 6) is 0.601. The van der Waals surface area contributed by atoms with E-state index >= 15 is 0 Å². The molecule has 0 aliphatic carbocycles. The van der Waals surface area contributed by atoms with Gasteiger partial charge in [-0.05, 0) is 46.4 Å². The molecule has 20 heavy (non-hydrogen) atoms. The van der Waals surface area contributed by atoms with Gasteiger partial charge >= 0.3 is 5.00 Å². The van der Waals surface area contributed by atoms with Crippen LogP contribution in [0.4, 0.5) is 5.00 Å². The standard InChI is InChI=1S/C13H7BrN2O3S/c14-10-3-1-9-6-11(4-2-8(9)5-10)19-13-15-7-12(20-13)16(17)18/h1-7H. The first-order valence-corrected chi connectivity index (χ1v) is 7.20. The molecule has 0 unspecified atom stereocenters. The molecule has 3 rings (SSSR count). The van der Waals surface area contributed by atoms with Gasteiger partial charge in [0.2, 0.25) is 0 Å². The summed E-state index contributed by atoms with van der Waals surface area (Å²) in [6.45, 7) is 0. The predicted octanol–water partition coefficient (Wildman–Crippen LogP) is 4.76. The lowest BCUT2D eigenvalue weighted by Crippen LogP contribution is -1.83. The predicted molar refractivity (Wildman–Crippen MR) is 80.5 cm³/mol. The number of rotatable bonds is 3. The van der Waals surface area contributed by atoms with E-state index in [9.17, 15) is 10.1 Å². The molecular formula is C13H7BrN2O3S. The second-order valence-electron chi connectivity index (χ2n) is 3.98. The molecule has 0 N–H and O–H groups in total. The minimum absolute atomic E-state index is 0.0373. The van der Waals surface area contributed by atoms with Crippen molar-refractivity contribution in [3.63, 3.8) is 0 Å². The van der Waals surface area contributed by atoms with Crippen molar-refractivity contribution in [3.05, 3.63) is 57.2 Å². The lowest BCUT2D eigenvalue weighted by atomic mass is 10.1. The molecule has 0 radical (unpaired) electrons. The molecule has 0 aliphatic rings. The summed E-state index contributed by atoms with van der Waals surface area (Å²) < 4.78 is 6.55. The van der Waals surface area contributed by atoms with Crippen molar-refractivity contribution in [1.29, 1.82) is 0 Å². The number of hydrogen-bond acceptors (Lipinski definition) is 5. The van der Waals surface area contributed by atoms with Crippen molar-refractivity contribution in [2.45, 2.75) is 0 Å². The van der Waals surface area contributed by atoms with E-state index in [1.54, 1.807) is 0 Å². The average molecular weight is 351 g/mol. The second-order valence-corrected chi connectivity index (χ2v) is 5.86. The van der Waals surface area contributed by atoms with Crippen LogP contribution in [-0.4, -0.2) is 9.91 Å². The number of halogens is 1. The molecule has 2 aromatic carbocycles. The molecule has 0 saturated carbocycles. The summed E-state index contributed by atoms with van der Waals surface area (Å²) in [5.41, 5.74) is 0. The molecule has 100 valence electrons. The summed E-state index contributed by atoms with van der Waals surface area (Å²) >= 11 is 4.32. The fraction of sp³-hybridized carbons (Fsp3) is 0. The molecule has 0 bridgehead atoms. The Hall–Kier alpha value is -1.99. The van der Waals surface area contributed by atoms with Gasteiger partial charge in [0.15, 0.2) is 0 Å². The van der Waals surface area contributed by atoms with E-state index in [2.05, 4.69) is 20.9 Å². The molecule has 1 heterocycles. The van der Waals surface area contributed by atoms with Crippen molar-refractivity contribution in [3.8, 4) is 10.9 Å². The van der Waals surface area contributed by atoms with Gasteiger partial charge < -0.3 is 4.74 Å². The van der Waals surface area contributed by atoms with Crippen LogP contribution >= 0.6 is 27.3 Å². The third-order valence-electron chi connectivity index (χ3n) is 2.63. The van der Waals surface area contributed by atoms with E-state index in [1.807, 2.05) is 36.4 Å². The summed E-state index contributed by atoms with van der Waals surface area (Å²) in [7, 11) is 0. The van der Waals surface area contributed by atoms with E-state index in [0.717, 1.165) is 26.6 Å². The maximum atomic E-state index is 10.6. The Morgan fingerprint density at radius 1 is 1.20 bits per heavy atom. The summed E-state index contributed by atoms with van der Waals surface area (Å²) in [6.07, 6.45) is 1.19. The number of hydrogen-bond donors (Lipinski definition) is 0. The van der Waals surface area contributed by atoms with Crippen LogP contribution in [0.2, 0.25) is 0 Å². The highest BCUT2D eigenvalue weighted by atomic mass is 79.9. The smallest absolute Gasteiger partial charge is 0.347 e.